The van der Waals surface area contributed by atoms with Crippen LogP contribution in [-0.2, 0) is 6.18 Å². The van der Waals surface area contributed by atoms with Gasteiger partial charge >= 0.3 is 6.18 Å². The van der Waals surface area contributed by atoms with E-state index >= 15 is 0 Å². The van der Waals surface area contributed by atoms with E-state index < -0.39 is 11.7 Å². The molecule has 0 spiro atoms. The van der Waals surface area contributed by atoms with E-state index in [1.165, 1.54) is 0 Å². The van der Waals surface area contributed by atoms with Gasteiger partial charge in [0.1, 0.15) is 11.5 Å². The molecule has 0 bridgehead atoms. The van der Waals surface area contributed by atoms with Crippen LogP contribution in [0.5, 0.6) is 0 Å². The molecule has 0 aliphatic heterocycles. The highest BCUT2D eigenvalue weighted by molar-refractivity contribution is 7.99. The van der Waals surface area contributed by atoms with Crippen LogP contribution in [0.4, 0.5) is 24.7 Å². The van der Waals surface area contributed by atoms with Gasteiger partial charge in [0.25, 0.3) is 0 Å². The lowest BCUT2D eigenvalue weighted by Gasteiger charge is -2.10. The molecule has 0 saturated heterocycles. The second-order valence-corrected chi connectivity index (χ2v) is 6.41. The second-order valence-electron chi connectivity index (χ2n) is 4.55. The highest BCUT2D eigenvalue weighted by atomic mass is 32.2. The molecule has 1 unspecified atom stereocenters. The monoisotopic (exact) mass is 357 g/mol. The minimum Gasteiger partial charge on any atom is -0.382 e. The van der Waals surface area contributed by atoms with Crippen LogP contribution in [0.3, 0.4) is 0 Å². The first-order valence-corrected chi connectivity index (χ1v) is 8.28. The summed E-state index contributed by atoms with van der Waals surface area (Å²) >= 11 is 1.63. The number of hydrogen-bond acceptors (Lipinski definition) is 4. The van der Waals surface area contributed by atoms with Gasteiger partial charge in [-0.2, -0.15) is 13.2 Å². The first kappa shape index (κ1) is 17.8. The maximum atomic E-state index is 12.8. The summed E-state index contributed by atoms with van der Waals surface area (Å²) in [5, 5.41) is 0. The van der Waals surface area contributed by atoms with Gasteiger partial charge in [-0.25, -0.2) is 9.98 Å². The number of halogens is 3. The number of rotatable bonds is 4. The molecule has 122 valence electrons. The van der Waals surface area contributed by atoms with Gasteiger partial charge in [-0.05, 0) is 17.9 Å². The molecule has 2 rings (SSSR count). The summed E-state index contributed by atoms with van der Waals surface area (Å²) in [7, 11) is 2.45. The van der Waals surface area contributed by atoms with E-state index in [0.717, 1.165) is 22.3 Å². The van der Waals surface area contributed by atoms with Gasteiger partial charge in [0.15, 0.2) is 0 Å². The number of thioether (sulfide) groups is 1. The third-order valence-electron chi connectivity index (χ3n) is 2.93. The number of nitrogens with two attached hydrogens (primary N) is 1. The minimum atomic E-state index is -4.48. The van der Waals surface area contributed by atoms with Crippen LogP contribution in [0.1, 0.15) is 18.1 Å². The Morgan fingerprint density at radius 1 is 1.35 bits per heavy atom. The van der Waals surface area contributed by atoms with Gasteiger partial charge in [-0.15, -0.1) is 11.8 Å². The quantitative estimate of drug-likeness (QED) is 0.488. The Morgan fingerprint density at radius 2 is 2.04 bits per heavy atom. The first-order valence-electron chi connectivity index (χ1n) is 6.72. The summed E-state index contributed by atoms with van der Waals surface area (Å²) < 4.78 is 38.4. The lowest BCUT2D eigenvalue weighted by Crippen LogP contribution is -2.06. The van der Waals surface area contributed by atoms with Crippen molar-refractivity contribution in [3.8, 4) is 0 Å². The van der Waals surface area contributed by atoms with Crippen LogP contribution in [0.25, 0.3) is 0 Å². The summed E-state index contributed by atoms with van der Waals surface area (Å²) in [6, 6.07) is 8.46. The molecule has 8 heteroatoms. The molecule has 0 amide bonds. The molecule has 1 atom stereocenters. The standard InChI is InChI=1S/C15H15F3N3PS/c1-2-23-12-6-4-3-5-10(12)14(22)21-11-7-9(15(16,17)18)8-20-13(11)19/h3-8H,2,22H2,1H3,(H2,19,20). The average molecular weight is 357 g/mol. The van der Waals surface area contributed by atoms with Crippen molar-refractivity contribution in [1.82, 2.24) is 4.98 Å². The zero-order valence-corrected chi connectivity index (χ0v) is 14.2. The van der Waals surface area contributed by atoms with Crippen molar-refractivity contribution >= 4 is 38.0 Å². The van der Waals surface area contributed by atoms with E-state index in [9.17, 15) is 13.2 Å². The molecule has 0 radical (unpaired) electrons. The Bertz CT molecular complexity index is 732. The molecule has 0 aliphatic rings. The Balaban J connectivity index is 2.46. The smallest absolute Gasteiger partial charge is 0.382 e. The molecule has 0 aliphatic carbocycles. The number of aromatic nitrogens is 1. The Morgan fingerprint density at radius 3 is 2.70 bits per heavy atom. The van der Waals surface area contributed by atoms with Crippen LogP contribution < -0.4 is 5.73 Å². The summed E-state index contributed by atoms with van der Waals surface area (Å²) in [6.45, 7) is 2.02. The molecule has 1 heterocycles. The van der Waals surface area contributed by atoms with Crippen molar-refractivity contribution in [3.05, 3.63) is 47.7 Å². The molecule has 1 aromatic heterocycles. The van der Waals surface area contributed by atoms with Crippen LogP contribution >= 0.6 is 21.0 Å². The molecule has 3 nitrogen and oxygen atoms in total. The molecule has 23 heavy (non-hydrogen) atoms. The van der Waals surface area contributed by atoms with Crippen molar-refractivity contribution in [1.29, 1.82) is 0 Å². The highest BCUT2D eigenvalue weighted by Gasteiger charge is 2.31. The zero-order chi connectivity index (χ0) is 17.0. The molecular weight excluding hydrogens is 342 g/mol. The zero-order valence-electron chi connectivity index (χ0n) is 12.3. The van der Waals surface area contributed by atoms with E-state index in [2.05, 4.69) is 19.2 Å². The topological polar surface area (TPSA) is 51.3 Å². The number of nitrogens with zero attached hydrogens (tertiary/aromatic N) is 2. The fourth-order valence-electron chi connectivity index (χ4n) is 1.86. The van der Waals surface area contributed by atoms with Gasteiger partial charge < -0.3 is 5.73 Å². The molecule has 2 N–H and O–H groups in total. The van der Waals surface area contributed by atoms with E-state index in [4.69, 9.17) is 5.73 Å². The number of alkyl halides is 3. The van der Waals surface area contributed by atoms with Crippen molar-refractivity contribution in [2.45, 2.75) is 18.0 Å². The van der Waals surface area contributed by atoms with E-state index in [-0.39, 0.29) is 11.5 Å². The summed E-state index contributed by atoms with van der Waals surface area (Å²) in [5.41, 5.74) is 6.12. The van der Waals surface area contributed by atoms with Crippen molar-refractivity contribution in [3.63, 3.8) is 0 Å². The Kier molecular flexibility index (Phi) is 5.65. The number of aliphatic imine (C=N–C) groups is 1. The number of nitrogen functional groups attached to an aromatic ring is 1. The minimum absolute atomic E-state index is 0.00104. The van der Waals surface area contributed by atoms with Gasteiger partial charge in [0.05, 0.1) is 11.0 Å². The van der Waals surface area contributed by atoms with Gasteiger partial charge in [0, 0.05) is 16.7 Å². The molecule has 1 aromatic carbocycles. The first-order chi connectivity index (χ1) is 10.8. The lowest BCUT2D eigenvalue weighted by atomic mass is 10.2. The van der Waals surface area contributed by atoms with E-state index in [1.807, 2.05) is 31.2 Å². The Hall–Kier alpha value is -1.59. The number of hydrogen-bond donors (Lipinski definition) is 1. The van der Waals surface area contributed by atoms with E-state index in [0.29, 0.717) is 11.6 Å². The summed E-state index contributed by atoms with van der Waals surface area (Å²) in [5.74, 6) is 0.834. The van der Waals surface area contributed by atoms with Gasteiger partial charge in [0.2, 0.25) is 0 Å². The molecule has 0 saturated carbocycles. The van der Waals surface area contributed by atoms with Crippen molar-refractivity contribution in [2.24, 2.45) is 4.99 Å². The predicted octanol–water partition coefficient (Wildman–Crippen LogP) is 4.75. The highest BCUT2D eigenvalue weighted by Crippen LogP contribution is 2.34. The third kappa shape index (κ3) is 4.45. The normalized spacial score (nSPS) is 12.5. The maximum Gasteiger partial charge on any atom is 0.417 e. The summed E-state index contributed by atoms with van der Waals surface area (Å²) in [6.07, 6.45) is -3.78. The number of anilines is 1. The lowest BCUT2D eigenvalue weighted by molar-refractivity contribution is -0.137. The third-order valence-corrected chi connectivity index (χ3v) is 4.32. The molecular formula is C15H15F3N3PS. The number of benzene rings is 1. The fraction of sp³-hybridized carbons (Fsp3) is 0.200. The summed E-state index contributed by atoms with van der Waals surface area (Å²) in [4.78, 5) is 8.81. The SMILES string of the molecule is CCSc1ccccc1C(P)=Nc1cc(C(F)(F)F)cnc1N. The van der Waals surface area contributed by atoms with Crippen molar-refractivity contribution in [2.75, 3.05) is 11.5 Å². The van der Waals surface area contributed by atoms with Gasteiger partial charge in [-0.3, -0.25) is 0 Å². The predicted molar refractivity (Wildman–Crippen MR) is 92.4 cm³/mol. The second kappa shape index (κ2) is 7.32. The van der Waals surface area contributed by atoms with Gasteiger partial charge in [-0.1, -0.05) is 34.4 Å². The van der Waals surface area contributed by atoms with Crippen LogP contribution in [-0.4, -0.2) is 16.2 Å². The molecule has 0 fully saturated rings. The van der Waals surface area contributed by atoms with E-state index in [1.54, 1.807) is 11.8 Å². The maximum absolute atomic E-state index is 12.8. The van der Waals surface area contributed by atoms with Crippen LogP contribution in [0.15, 0.2) is 46.4 Å². The van der Waals surface area contributed by atoms with Crippen molar-refractivity contribution < 1.29 is 13.2 Å². The molecule has 2 aromatic rings. The largest absolute Gasteiger partial charge is 0.417 e. The fourth-order valence-corrected chi connectivity index (χ4v) is 3.17. The average Bonchev–Trinajstić information content (AvgIpc) is 2.49. The number of pyridine rings is 1. The van der Waals surface area contributed by atoms with Crippen LogP contribution in [0, 0.1) is 0 Å². The van der Waals surface area contributed by atoms with Crippen LogP contribution in [0.2, 0.25) is 0 Å². The Labute approximate surface area is 138 Å².